The standard InChI is InChI=1S/C17H30F3N3O2S/c1-4-21-15(23-9-10-26(24,25)16(2,3)12-23)22-11-13-7-5-6-8-14(13)17(18,19)20/h13-14H,4-12H2,1-3H3,(H,21,22). The number of rotatable bonds is 3. The molecule has 0 aromatic carbocycles. The highest BCUT2D eigenvalue weighted by atomic mass is 32.2. The van der Waals surface area contributed by atoms with E-state index in [1.54, 1.807) is 13.8 Å². The molecule has 5 nitrogen and oxygen atoms in total. The summed E-state index contributed by atoms with van der Waals surface area (Å²) < 4.78 is 63.2. The van der Waals surface area contributed by atoms with E-state index in [0.29, 0.717) is 31.9 Å². The third-order valence-corrected chi connectivity index (χ3v) is 8.02. The van der Waals surface area contributed by atoms with Crippen LogP contribution in [0.25, 0.3) is 0 Å². The Balaban J connectivity index is 2.14. The number of halogens is 3. The Morgan fingerprint density at radius 2 is 1.92 bits per heavy atom. The van der Waals surface area contributed by atoms with E-state index >= 15 is 0 Å². The van der Waals surface area contributed by atoms with E-state index in [1.165, 1.54) is 0 Å². The normalized spacial score (nSPS) is 29.5. The minimum Gasteiger partial charge on any atom is -0.357 e. The fraction of sp³-hybridized carbons (Fsp3) is 0.941. The first kappa shape index (κ1) is 21.3. The topological polar surface area (TPSA) is 61.8 Å². The van der Waals surface area contributed by atoms with Crippen molar-refractivity contribution in [1.82, 2.24) is 10.2 Å². The Morgan fingerprint density at radius 3 is 2.50 bits per heavy atom. The lowest BCUT2D eigenvalue weighted by molar-refractivity contribution is -0.195. The third-order valence-electron chi connectivity index (χ3n) is 5.48. The molecule has 9 heteroatoms. The van der Waals surface area contributed by atoms with Crippen LogP contribution in [0.3, 0.4) is 0 Å². The number of sulfone groups is 1. The van der Waals surface area contributed by atoms with Gasteiger partial charge in [-0.1, -0.05) is 12.8 Å². The van der Waals surface area contributed by atoms with Crippen LogP contribution >= 0.6 is 0 Å². The zero-order valence-electron chi connectivity index (χ0n) is 15.8. The van der Waals surface area contributed by atoms with Crippen molar-refractivity contribution in [1.29, 1.82) is 0 Å². The van der Waals surface area contributed by atoms with Crippen molar-refractivity contribution in [3.8, 4) is 0 Å². The van der Waals surface area contributed by atoms with Crippen LogP contribution in [0.2, 0.25) is 0 Å². The van der Waals surface area contributed by atoms with E-state index in [-0.39, 0.29) is 25.3 Å². The van der Waals surface area contributed by atoms with Gasteiger partial charge in [0.05, 0.1) is 16.4 Å². The van der Waals surface area contributed by atoms with Crippen molar-refractivity contribution in [2.24, 2.45) is 16.8 Å². The molecule has 1 saturated carbocycles. The van der Waals surface area contributed by atoms with Crippen molar-refractivity contribution < 1.29 is 21.6 Å². The lowest BCUT2D eigenvalue weighted by Crippen LogP contribution is -2.57. The van der Waals surface area contributed by atoms with Gasteiger partial charge in [-0.3, -0.25) is 4.99 Å². The quantitative estimate of drug-likeness (QED) is 0.588. The molecule has 0 spiro atoms. The zero-order chi connectivity index (χ0) is 19.6. The molecule has 26 heavy (non-hydrogen) atoms. The van der Waals surface area contributed by atoms with E-state index in [4.69, 9.17) is 0 Å². The summed E-state index contributed by atoms with van der Waals surface area (Å²) in [4.78, 5) is 6.33. The van der Waals surface area contributed by atoms with Crippen molar-refractivity contribution >= 4 is 15.8 Å². The van der Waals surface area contributed by atoms with Crippen LogP contribution in [0.1, 0.15) is 46.5 Å². The van der Waals surface area contributed by atoms with Gasteiger partial charge < -0.3 is 10.2 Å². The maximum atomic E-state index is 13.3. The Kier molecular flexibility index (Phi) is 6.51. The zero-order valence-corrected chi connectivity index (χ0v) is 16.6. The second-order valence-corrected chi connectivity index (χ2v) is 10.6. The predicted octanol–water partition coefficient (Wildman–Crippen LogP) is 2.83. The van der Waals surface area contributed by atoms with Gasteiger partial charge in [0.1, 0.15) is 0 Å². The summed E-state index contributed by atoms with van der Waals surface area (Å²) in [6.45, 7) is 6.55. The van der Waals surface area contributed by atoms with Crippen LogP contribution in [0, 0.1) is 11.8 Å². The van der Waals surface area contributed by atoms with Gasteiger partial charge in [-0.05, 0) is 39.5 Å². The number of aliphatic imine (C=N–C) groups is 1. The van der Waals surface area contributed by atoms with Crippen LogP contribution in [-0.4, -0.2) is 62.1 Å². The fourth-order valence-corrected chi connectivity index (χ4v) is 5.18. The van der Waals surface area contributed by atoms with E-state index in [0.717, 1.165) is 6.42 Å². The molecule has 1 saturated heterocycles. The smallest absolute Gasteiger partial charge is 0.357 e. The average Bonchev–Trinajstić information content (AvgIpc) is 2.53. The minimum atomic E-state index is -4.18. The van der Waals surface area contributed by atoms with Crippen LogP contribution in [0.15, 0.2) is 4.99 Å². The molecule has 0 radical (unpaired) electrons. The van der Waals surface area contributed by atoms with Gasteiger partial charge in [0.25, 0.3) is 0 Å². The number of alkyl halides is 3. The maximum Gasteiger partial charge on any atom is 0.392 e. The van der Waals surface area contributed by atoms with Crippen LogP contribution in [0.5, 0.6) is 0 Å². The number of nitrogens with one attached hydrogen (secondary N) is 1. The Bertz CT molecular complexity index is 617. The second-order valence-electron chi connectivity index (χ2n) is 7.89. The van der Waals surface area contributed by atoms with Crippen molar-refractivity contribution in [2.45, 2.75) is 57.4 Å². The monoisotopic (exact) mass is 397 g/mol. The summed E-state index contributed by atoms with van der Waals surface area (Å²) in [7, 11) is -3.18. The summed E-state index contributed by atoms with van der Waals surface area (Å²) >= 11 is 0. The molecule has 1 heterocycles. The summed E-state index contributed by atoms with van der Waals surface area (Å²) in [6.07, 6.45) is -2.05. The maximum absolute atomic E-state index is 13.3. The molecule has 0 aromatic rings. The van der Waals surface area contributed by atoms with Crippen LogP contribution in [-0.2, 0) is 9.84 Å². The van der Waals surface area contributed by atoms with Crippen LogP contribution in [0.4, 0.5) is 13.2 Å². The van der Waals surface area contributed by atoms with Gasteiger partial charge in [-0.2, -0.15) is 13.2 Å². The number of hydrogen-bond donors (Lipinski definition) is 1. The predicted molar refractivity (Wildman–Crippen MR) is 96.9 cm³/mol. The van der Waals surface area contributed by atoms with E-state index in [1.807, 2.05) is 11.8 Å². The molecule has 1 N–H and O–H groups in total. The molecule has 1 aliphatic carbocycles. The van der Waals surface area contributed by atoms with E-state index in [2.05, 4.69) is 10.3 Å². The summed E-state index contributed by atoms with van der Waals surface area (Å²) in [5.41, 5.74) is 0. The number of guanidine groups is 1. The van der Waals surface area contributed by atoms with Gasteiger partial charge in [0.2, 0.25) is 0 Å². The Hall–Kier alpha value is -0.990. The Labute approximate surface area is 154 Å². The molecule has 0 aromatic heterocycles. The van der Waals surface area contributed by atoms with E-state index in [9.17, 15) is 21.6 Å². The van der Waals surface area contributed by atoms with Gasteiger partial charge >= 0.3 is 6.18 Å². The molecule has 2 aliphatic rings. The molecular formula is C17H30F3N3O2S. The molecule has 2 atom stereocenters. The number of nitrogens with zero attached hydrogens (tertiary/aromatic N) is 2. The van der Waals surface area contributed by atoms with E-state index < -0.39 is 32.6 Å². The highest BCUT2D eigenvalue weighted by Crippen LogP contribution is 2.41. The molecule has 1 aliphatic heterocycles. The van der Waals surface area contributed by atoms with Crippen molar-refractivity contribution in [3.63, 3.8) is 0 Å². The number of hydrogen-bond acceptors (Lipinski definition) is 3. The lowest BCUT2D eigenvalue weighted by atomic mass is 9.79. The minimum absolute atomic E-state index is 0.0268. The Morgan fingerprint density at radius 1 is 1.27 bits per heavy atom. The molecule has 2 fully saturated rings. The van der Waals surface area contributed by atoms with Gasteiger partial charge in [0.15, 0.2) is 15.8 Å². The first-order chi connectivity index (χ1) is 12.0. The molecule has 0 bridgehead atoms. The van der Waals surface area contributed by atoms with Gasteiger partial charge in [0, 0.05) is 26.2 Å². The molecular weight excluding hydrogens is 367 g/mol. The summed E-state index contributed by atoms with van der Waals surface area (Å²) in [5, 5.41) is 3.11. The third kappa shape index (κ3) is 4.84. The highest BCUT2D eigenvalue weighted by molar-refractivity contribution is 7.92. The molecule has 2 unspecified atom stereocenters. The molecule has 2 rings (SSSR count). The summed E-state index contributed by atoms with van der Waals surface area (Å²) in [5.74, 6) is -1.25. The van der Waals surface area contributed by atoms with Gasteiger partial charge in [-0.25, -0.2) is 8.42 Å². The lowest BCUT2D eigenvalue weighted by Gasteiger charge is -2.39. The molecule has 0 amide bonds. The van der Waals surface area contributed by atoms with Crippen molar-refractivity contribution in [2.75, 3.05) is 31.9 Å². The highest BCUT2D eigenvalue weighted by Gasteiger charge is 2.45. The SMILES string of the molecule is CCNC(=NCC1CCCCC1C(F)(F)F)N1CCS(=O)(=O)C(C)(C)C1. The first-order valence-electron chi connectivity index (χ1n) is 9.30. The van der Waals surface area contributed by atoms with Crippen LogP contribution < -0.4 is 5.32 Å². The molecule has 152 valence electrons. The largest absolute Gasteiger partial charge is 0.392 e. The van der Waals surface area contributed by atoms with Crippen molar-refractivity contribution in [3.05, 3.63) is 0 Å². The second kappa shape index (κ2) is 7.94. The first-order valence-corrected chi connectivity index (χ1v) is 11.0. The average molecular weight is 398 g/mol. The van der Waals surface area contributed by atoms with Gasteiger partial charge in [-0.15, -0.1) is 0 Å². The summed E-state index contributed by atoms with van der Waals surface area (Å²) in [6, 6.07) is 0. The fourth-order valence-electron chi connectivity index (χ4n) is 3.81.